The van der Waals surface area contributed by atoms with E-state index < -0.39 is 47.3 Å². The Kier molecular flexibility index (Phi) is 10.6. The molecule has 0 radical (unpaired) electrons. The van der Waals surface area contributed by atoms with E-state index in [4.69, 9.17) is 23.7 Å². The summed E-state index contributed by atoms with van der Waals surface area (Å²) in [6.07, 6.45) is 1.45. The summed E-state index contributed by atoms with van der Waals surface area (Å²) < 4.78 is 114. The first-order valence-corrected chi connectivity index (χ1v) is 15.1. The van der Waals surface area contributed by atoms with Crippen LogP contribution in [0.2, 0.25) is 0 Å². The highest BCUT2D eigenvalue weighted by Crippen LogP contribution is 2.43. The highest BCUT2D eigenvalue weighted by molar-refractivity contribution is 5.65. The second kappa shape index (κ2) is 14.2. The third-order valence-electron chi connectivity index (χ3n) is 8.66. The molecule has 0 spiro atoms. The normalized spacial score (nSPS) is 28.5. The molecule has 0 atom stereocenters. The zero-order valence-corrected chi connectivity index (χ0v) is 24.1. The number of halogens is 6. The van der Waals surface area contributed by atoms with Crippen molar-refractivity contribution in [3.05, 3.63) is 53.6 Å². The molecule has 5 nitrogen and oxygen atoms in total. The van der Waals surface area contributed by atoms with Crippen molar-refractivity contribution in [3.8, 4) is 16.9 Å². The molecular weight excluding hydrogens is 578 g/mol. The van der Waals surface area contributed by atoms with Crippen LogP contribution in [0.1, 0.15) is 58.3 Å². The average Bonchev–Trinajstić information content (AvgIpc) is 3.00. The molecule has 0 unspecified atom stereocenters. The molecule has 0 bridgehead atoms. The third-order valence-corrected chi connectivity index (χ3v) is 8.66. The molecule has 43 heavy (non-hydrogen) atoms. The molecule has 1 saturated carbocycles. The summed E-state index contributed by atoms with van der Waals surface area (Å²) in [5.74, 6) is -6.90. The van der Waals surface area contributed by atoms with Crippen molar-refractivity contribution >= 4 is 0 Å². The summed E-state index contributed by atoms with van der Waals surface area (Å²) in [6, 6.07) is 4.13. The average molecular weight is 617 g/mol. The van der Waals surface area contributed by atoms with Gasteiger partial charge in [0.1, 0.15) is 11.6 Å². The number of benzene rings is 2. The Labute approximate surface area is 247 Å². The van der Waals surface area contributed by atoms with Crippen molar-refractivity contribution in [2.45, 2.75) is 77.0 Å². The molecule has 1 aliphatic carbocycles. The lowest BCUT2D eigenvalue weighted by molar-refractivity contribution is -0.294. The Morgan fingerprint density at radius 3 is 1.95 bits per heavy atom. The maximum absolute atomic E-state index is 15.1. The third kappa shape index (κ3) is 7.85. The van der Waals surface area contributed by atoms with Crippen molar-refractivity contribution in [3.63, 3.8) is 0 Å². The first-order chi connectivity index (χ1) is 20.6. The summed E-state index contributed by atoms with van der Waals surface area (Å²) in [7, 11) is 0. The van der Waals surface area contributed by atoms with E-state index in [-0.39, 0.29) is 42.1 Å². The van der Waals surface area contributed by atoms with E-state index in [1.807, 2.05) is 0 Å². The zero-order valence-electron chi connectivity index (χ0n) is 24.1. The van der Waals surface area contributed by atoms with E-state index in [2.05, 4.69) is 6.92 Å². The first-order valence-electron chi connectivity index (χ1n) is 15.1. The predicted octanol–water partition coefficient (Wildman–Crippen LogP) is 8.25. The van der Waals surface area contributed by atoms with Gasteiger partial charge in [-0.05, 0) is 61.9 Å². The van der Waals surface area contributed by atoms with E-state index in [1.54, 1.807) is 0 Å². The summed E-state index contributed by atoms with van der Waals surface area (Å²) in [5.41, 5.74) is -0.550. The van der Waals surface area contributed by atoms with Gasteiger partial charge < -0.3 is 23.7 Å². The van der Waals surface area contributed by atoms with E-state index in [0.717, 1.165) is 24.6 Å². The summed E-state index contributed by atoms with van der Waals surface area (Å²) in [6.45, 7) is 4.33. The van der Waals surface area contributed by atoms with Gasteiger partial charge in [0.2, 0.25) is 0 Å². The zero-order chi connectivity index (χ0) is 30.6. The number of alkyl halides is 2. The van der Waals surface area contributed by atoms with Crippen molar-refractivity contribution in [1.29, 1.82) is 0 Å². The van der Waals surface area contributed by atoms with Crippen LogP contribution < -0.4 is 4.74 Å². The number of unbranched alkanes of at least 4 members (excludes halogenated alkanes) is 2. The lowest BCUT2D eigenvalue weighted by Gasteiger charge is -2.41. The van der Waals surface area contributed by atoms with Gasteiger partial charge in [-0.3, -0.25) is 0 Å². The van der Waals surface area contributed by atoms with Crippen LogP contribution in [0, 0.1) is 46.9 Å². The fourth-order valence-corrected chi connectivity index (χ4v) is 6.11. The van der Waals surface area contributed by atoms with Crippen LogP contribution in [0.4, 0.5) is 26.3 Å². The van der Waals surface area contributed by atoms with Gasteiger partial charge in [-0.1, -0.05) is 26.2 Å². The molecule has 238 valence electrons. The van der Waals surface area contributed by atoms with Crippen LogP contribution in [0.3, 0.4) is 0 Å². The molecule has 3 aliphatic rings. The fourth-order valence-electron chi connectivity index (χ4n) is 6.11. The standard InChI is InChI=1S/C32H38F6O5/c1-2-3-4-5-19-15-39-31(40-16-19)22-17-41-30(42-18-22)20-6-8-23(9-7-20)32(37,38)43-24-10-11-25(26(33)14-24)21-12-27(34)29(36)28(35)13-21/h10-14,19-20,22-23,30-31H,2-9,15-18H2,1H3. The molecule has 2 aromatic rings. The van der Waals surface area contributed by atoms with E-state index in [0.29, 0.717) is 57.3 Å². The minimum Gasteiger partial charge on any atom is -0.432 e. The maximum atomic E-state index is 15.1. The van der Waals surface area contributed by atoms with Gasteiger partial charge in [-0.15, -0.1) is 0 Å². The van der Waals surface area contributed by atoms with Crippen LogP contribution in [0.5, 0.6) is 5.75 Å². The molecule has 5 rings (SSSR count). The molecule has 0 aromatic heterocycles. The smallest absolute Gasteiger partial charge is 0.400 e. The summed E-state index contributed by atoms with van der Waals surface area (Å²) in [5, 5.41) is 0. The van der Waals surface area contributed by atoms with Gasteiger partial charge in [0, 0.05) is 23.5 Å². The van der Waals surface area contributed by atoms with Crippen LogP contribution in [-0.2, 0) is 18.9 Å². The summed E-state index contributed by atoms with van der Waals surface area (Å²) >= 11 is 0. The van der Waals surface area contributed by atoms with Crippen molar-refractivity contribution in [2.75, 3.05) is 26.4 Å². The second-order valence-corrected chi connectivity index (χ2v) is 11.9. The monoisotopic (exact) mass is 616 g/mol. The van der Waals surface area contributed by atoms with E-state index >= 15 is 8.78 Å². The second-order valence-electron chi connectivity index (χ2n) is 11.9. The van der Waals surface area contributed by atoms with E-state index in [1.165, 1.54) is 19.3 Å². The van der Waals surface area contributed by atoms with Crippen LogP contribution in [-0.4, -0.2) is 45.1 Å². The highest BCUT2D eigenvalue weighted by atomic mass is 19.3. The van der Waals surface area contributed by atoms with Crippen molar-refractivity contribution in [1.82, 2.24) is 0 Å². The quantitative estimate of drug-likeness (QED) is 0.153. The molecule has 2 aromatic carbocycles. The minimum absolute atomic E-state index is 0.0441. The molecule has 2 aliphatic heterocycles. The molecule has 2 heterocycles. The maximum Gasteiger partial charge on any atom is 0.400 e. The fraction of sp³-hybridized carbons (Fsp3) is 0.625. The number of hydrogen-bond donors (Lipinski definition) is 0. The molecule has 2 saturated heterocycles. The Bertz CT molecular complexity index is 1180. The molecular formula is C32H38F6O5. The largest absolute Gasteiger partial charge is 0.432 e. The summed E-state index contributed by atoms with van der Waals surface area (Å²) in [4.78, 5) is 0. The minimum atomic E-state index is -3.57. The lowest BCUT2D eigenvalue weighted by atomic mass is 9.80. The van der Waals surface area contributed by atoms with Crippen LogP contribution in [0.15, 0.2) is 30.3 Å². The van der Waals surface area contributed by atoms with Gasteiger partial charge >= 0.3 is 6.11 Å². The topological polar surface area (TPSA) is 46.2 Å². The van der Waals surface area contributed by atoms with Gasteiger partial charge in [-0.25, -0.2) is 17.6 Å². The van der Waals surface area contributed by atoms with E-state index in [9.17, 15) is 17.6 Å². The highest BCUT2D eigenvalue weighted by Gasteiger charge is 2.46. The lowest BCUT2D eigenvalue weighted by Crippen LogP contribution is -2.47. The Hall–Kier alpha value is -2.34. The van der Waals surface area contributed by atoms with Gasteiger partial charge in [0.05, 0.1) is 38.3 Å². The Morgan fingerprint density at radius 1 is 0.744 bits per heavy atom. The van der Waals surface area contributed by atoms with Crippen LogP contribution in [0.25, 0.3) is 11.1 Å². The van der Waals surface area contributed by atoms with Gasteiger partial charge in [0.25, 0.3) is 0 Å². The van der Waals surface area contributed by atoms with Crippen molar-refractivity contribution in [2.24, 2.45) is 23.7 Å². The first kappa shape index (κ1) is 32.1. The molecule has 0 amide bonds. The van der Waals surface area contributed by atoms with Crippen LogP contribution >= 0.6 is 0 Å². The Morgan fingerprint density at radius 2 is 1.35 bits per heavy atom. The Balaban J connectivity index is 1.07. The number of hydrogen-bond acceptors (Lipinski definition) is 5. The predicted molar refractivity (Wildman–Crippen MR) is 145 cm³/mol. The molecule has 11 heteroatoms. The number of ether oxygens (including phenoxy) is 5. The molecule has 3 fully saturated rings. The number of rotatable bonds is 10. The van der Waals surface area contributed by atoms with Gasteiger partial charge in [-0.2, -0.15) is 8.78 Å². The molecule has 0 N–H and O–H groups in total. The van der Waals surface area contributed by atoms with Gasteiger partial charge in [0.15, 0.2) is 30.0 Å². The SMILES string of the molecule is CCCCCC1COC(C2COC(C3CCC(C(F)(F)Oc4ccc(-c5cc(F)c(F)c(F)c5)c(F)c4)CC3)OC2)OC1. The van der Waals surface area contributed by atoms with Crippen molar-refractivity contribution < 1.29 is 50.0 Å².